The number of amides is 3. The van der Waals surface area contributed by atoms with Gasteiger partial charge in [-0.1, -0.05) is 48.6 Å². The van der Waals surface area contributed by atoms with Crippen LogP contribution in [0.4, 0.5) is 5.69 Å². The predicted octanol–water partition coefficient (Wildman–Crippen LogP) is 2.53. The maximum Gasteiger partial charge on any atom is 0.250 e. The first-order chi connectivity index (χ1) is 22.4. The standard InChI is InChI=1S/C34H38N6O6/c1-3-33-16-7-19-38(23-12-14-24(15-13-23)45-4-2)30(42)27(33)28-31(43)39(20-9-21-41)29-32(44)37(18-8-17-34(28,29)46-33)22-40-26-11-6-5-10-25(26)35-36-40/h5-8,10-17,27-29,41H,3-4,9,18-22H2,1-2H3/t27-,28-,29?,33+,34-/m0/s1. The Morgan fingerprint density at radius 2 is 1.74 bits per heavy atom. The molecule has 3 amide bonds. The first-order valence-electron chi connectivity index (χ1n) is 16.0. The minimum Gasteiger partial charge on any atom is -0.494 e. The molecule has 1 unspecified atom stereocenters. The number of rotatable bonds is 9. The number of benzene rings is 2. The molecular formula is C34H38N6O6. The van der Waals surface area contributed by atoms with Gasteiger partial charge in [-0.05, 0) is 56.2 Å². The fraction of sp³-hybridized carbons (Fsp3) is 0.441. The SMILES string of the molecule is CCOc1ccc(N2CC=C[C@@]3(CC)O[C@]45C=CCN(Cn6nnc7ccccc76)C(=O)C4N(CCCO)C(=O)[C@@H]5[C@H]3C2=O)cc1. The number of fused-ring (bicyclic) bond motifs is 3. The summed E-state index contributed by atoms with van der Waals surface area (Å²) in [5, 5.41) is 18.3. The van der Waals surface area contributed by atoms with E-state index in [2.05, 4.69) is 10.3 Å². The maximum absolute atomic E-state index is 14.7. The number of aromatic nitrogens is 3. The number of carbonyl (C=O) groups is 3. The van der Waals surface area contributed by atoms with Gasteiger partial charge in [0.25, 0.3) is 5.91 Å². The molecule has 12 heteroatoms. The van der Waals surface area contributed by atoms with Crippen LogP contribution in [0.15, 0.2) is 72.8 Å². The Morgan fingerprint density at radius 1 is 0.957 bits per heavy atom. The van der Waals surface area contributed by atoms with Gasteiger partial charge in [-0.25, -0.2) is 4.68 Å². The number of likely N-dealkylation sites (tertiary alicyclic amines) is 1. The summed E-state index contributed by atoms with van der Waals surface area (Å²) in [5.41, 5.74) is -0.302. The number of hydrogen-bond acceptors (Lipinski definition) is 8. The predicted molar refractivity (Wildman–Crippen MR) is 169 cm³/mol. The topological polar surface area (TPSA) is 130 Å². The maximum atomic E-state index is 14.7. The summed E-state index contributed by atoms with van der Waals surface area (Å²) >= 11 is 0. The molecule has 12 nitrogen and oxygen atoms in total. The van der Waals surface area contributed by atoms with Crippen LogP contribution >= 0.6 is 0 Å². The van der Waals surface area contributed by atoms with Crippen LogP contribution in [0.2, 0.25) is 0 Å². The van der Waals surface area contributed by atoms with Crippen molar-refractivity contribution >= 4 is 34.4 Å². The fourth-order valence-electron chi connectivity index (χ4n) is 7.72. The van der Waals surface area contributed by atoms with Gasteiger partial charge in [0.05, 0.1) is 29.6 Å². The summed E-state index contributed by atoms with van der Waals surface area (Å²) in [6, 6.07) is 13.8. The summed E-state index contributed by atoms with van der Waals surface area (Å²) in [6.07, 6.45) is 8.25. The number of aliphatic hydroxyl groups excluding tert-OH is 1. The average Bonchev–Trinajstić information content (AvgIpc) is 3.61. The Hall–Kier alpha value is -4.55. The molecule has 46 heavy (non-hydrogen) atoms. The molecule has 4 aliphatic rings. The summed E-state index contributed by atoms with van der Waals surface area (Å²) < 4.78 is 14.3. The summed E-state index contributed by atoms with van der Waals surface area (Å²) in [7, 11) is 0. The molecule has 3 aromatic rings. The Labute approximate surface area is 266 Å². The lowest BCUT2D eigenvalue weighted by Crippen LogP contribution is -2.56. The van der Waals surface area contributed by atoms with Crippen LogP contribution in [0.25, 0.3) is 11.0 Å². The molecular weight excluding hydrogens is 588 g/mol. The molecule has 2 saturated heterocycles. The zero-order valence-electron chi connectivity index (χ0n) is 26.0. The highest BCUT2D eigenvalue weighted by Crippen LogP contribution is 2.58. The number of ether oxygens (including phenoxy) is 2. The summed E-state index contributed by atoms with van der Waals surface area (Å²) in [4.78, 5) is 48.7. The van der Waals surface area contributed by atoms with Crippen molar-refractivity contribution in [3.05, 3.63) is 72.8 Å². The number of nitrogens with zero attached hydrogens (tertiary/aromatic N) is 6. The van der Waals surface area contributed by atoms with E-state index in [0.717, 1.165) is 5.52 Å². The molecule has 5 atom stereocenters. The van der Waals surface area contributed by atoms with E-state index in [1.54, 1.807) is 14.5 Å². The first kappa shape index (κ1) is 30.1. The molecule has 0 saturated carbocycles. The minimum atomic E-state index is -1.38. The van der Waals surface area contributed by atoms with E-state index < -0.39 is 29.1 Å². The third-order valence-electron chi connectivity index (χ3n) is 9.76. The van der Waals surface area contributed by atoms with E-state index >= 15 is 0 Å². The largest absolute Gasteiger partial charge is 0.494 e. The van der Waals surface area contributed by atoms with Crippen molar-refractivity contribution in [1.29, 1.82) is 0 Å². The van der Waals surface area contributed by atoms with Crippen molar-refractivity contribution in [1.82, 2.24) is 24.8 Å². The lowest BCUT2D eigenvalue weighted by molar-refractivity contribution is -0.153. The minimum absolute atomic E-state index is 0.121. The van der Waals surface area contributed by atoms with Crippen LogP contribution in [-0.4, -0.2) is 97.7 Å². The molecule has 240 valence electrons. The Bertz CT molecular complexity index is 1720. The molecule has 7 rings (SSSR count). The Morgan fingerprint density at radius 3 is 2.50 bits per heavy atom. The highest BCUT2D eigenvalue weighted by Gasteiger charge is 2.75. The van der Waals surface area contributed by atoms with Gasteiger partial charge in [-0.15, -0.1) is 5.10 Å². The quantitative estimate of drug-likeness (QED) is 0.359. The van der Waals surface area contributed by atoms with Gasteiger partial charge < -0.3 is 29.3 Å². The van der Waals surface area contributed by atoms with Crippen LogP contribution in [-0.2, 0) is 25.8 Å². The number of anilines is 1. The normalized spacial score (nSPS) is 28.8. The van der Waals surface area contributed by atoms with E-state index in [9.17, 15) is 19.5 Å². The highest BCUT2D eigenvalue weighted by molar-refractivity contribution is 6.04. The summed E-state index contributed by atoms with van der Waals surface area (Å²) in [5.74, 6) is -1.97. The van der Waals surface area contributed by atoms with Gasteiger partial charge in [0.2, 0.25) is 11.8 Å². The van der Waals surface area contributed by atoms with Crippen LogP contribution in [0, 0.1) is 11.8 Å². The molecule has 0 aliphatic carbocycles. The smallest absolute Gasteiger partial charge is 0.250 e. The molecule has 2 aromatic carbocycles. The molecule has 1 aromatic heterocycles. The van der Waals surface area contributed by atoms with Crippen molar-refractivity contribution in [2.75, 3.05) is 37.7 Å². The van der Waals surface area contributed by atoms with Crippen molar-refractivity contribution < 1.29 is 29.0 Å². The first-order valence-corrected chi connectivity index (χ1v) is 16.0. The van der Waals surface area contributed by atoms with Crippen LogP contribution in [0.5, 0.6) is 5.75 Å². The monoisotopic (exact) mass is 626 g/mol. The van der Waals surface area contributed by atoms with E-state index in [1.807, 2.05) is 86.7 Å². The molecule has 0 bridgehead atoms. The number of para-hydroxylation sites is 1. The summed E-state index contributed by atoms with van der Waals surface area (Å²) in [6.45, 7) is 5.09. The van der Waals surface area contributed by atoms with Crippen molar-refractivity contribution in [3.8, 4) is 5.75 Å². The fourth-order valence-corrected chi connectivity index (χ4v) is 7.72. The Balaban J connectivity index is 1.28. The molecule has 1 N–H and O–H groups in total. The number of hydrogen-bond donors (Lipinski definition) is 1. The van der Waals surface area contributed by atoms with Crippen LogP contribution in [0.3, 0.4) is 0 Å². The second-order valence-corrected chi connectivity index (χ2v) is 12.2. The van der Waals surface area contributed by atoms with E-state index in [0.29, 0.717) is 36.5 Å². The molecule has 2 fully saturated rings. The van der Waals surface area contributed by atoms with Gasteiger partial charge in [0.15, 0.2) is 0 Å². The van der Waals surface area contributed by atoms with Crippen molar-refractivity contribution in [2.24, 2.45) is 11.8 Å². The van der Waals surface area contributed by atoms with Crippen LogP contribution in [0.1, 0.15) is 26.7 Å². The number of aliphatic hydroxyl groups is 1. The van der Waals surface area contributed by atoms with E-state index in [4.69, 9.17) is 9.47 Å². The molecule has 0 radical (unpaired) electrons. The van der Waals surface area contributed by atoms with Gasteiger partial charge in [-0.2, -0.15) is 0 Å². The third kappa shape index (κ3) is 4.53. The zero-order chi connectivity index (χ0) is 32.1. The van der Waals surface area contributed by atoms with Gasteiger partial charge in [0.1, 0.15) is 29.6 Å². The lowest BCUT2D eigenvalue weighted by atomic mass is 9.73. The zero-order valence-corrected chi connectivity index (χ0v) is 26.0. The highest BCUT2D eigenvalue weighted by atomic mass is 16.5. The molecule has 4 aliphatic heterocycles. The van der Waals surface area contributed by atoms with Gasteiger partial charge >= 0.3 is 0 Å². The second kappa shape index (κ2) is 11.7. The third-order valence-corrected chi connectivity index (χ3v) is 9.76. The Kier molecular flexibility index (Phi) is 7.64. The average molecular weight is 627 g/mol. The van der Waals surface area contributed by atoms with Gasteiger partial charge in [0, 0.05) is 31.9 Å². The van der Waals surface area contributed by atoms with E-state index in [-0.39, 0.29) is 50.5 Å². The molecule has 5 heterocycles. The van der Waals surface area contributed by atoms with Crippen molar-refractivity contribution in [3.63, 3.8) is 0 Å². The second-order valence-electron chi connectivity index (χ2n) is 12.2. The van der Waals surface area contributed by atoms with Crippen molar-refractivity contribution in [2.45, 2.75) is 50.6 Å². The lowest BCUT2D eigenvalue weighted by Gasteiger charge is -2.38. The van der Waals surface area contributed by atoms with Gasteiger partial charge in [-0.3, -0.25) is 14.4 Å². The molecule has 1 spiro atoms. The number of carbonyl (C=O) groups excluding carboxylic acids is 3. The van der Waals surface area contributed by atoms with E-state index in [1.165, 1.54) is 4.90 Å². The van der Waals surface area contributed by atoms with Crippen LogP contribution < -0.4 is 9.64 Å².